The van der Waals surface area contributed by atoms with E-state index in [1.807, 2.05) is 14.0 Å². The van der Waals surface area contributed by atoms with Gasteiger partial charge in [0.05, 0.1) is 6.54 Å². The van der Waals surface area contributed by atoms with Crippen LogP contribution in [-0.2, 0) is 4.79 Å². The average Bonchev–Trinajstić information content (AvgIpc) is 2.18. The molecule has 0 aromatic heterocycles. The zero-order chi connectivity index (χ0) is 11.3. The highest BCUT2D eigenvalue weighted by molar-refractivity contribution is 5.77. The number of piperidine rings is 1. The van der Waals surface area contributed by atoms with Gasteiger partial charge in [-0.25, -0.2) is 0 Å². The van der Waals surface area contributed by atoms with Gasteiger partial charge in [-0.2, -0.15) is 0 Å². The third-order valence-electron chi connectivity index (χ3n) is 2.94. The van der Waals surface area contributed by atoms with Crippen molar-refractivity contribution in [3.05, 3.63) is 0 Å². The topological polar surface area (TPSA) is 44.4 Å². The molecule has 0 radical (unpaired) electrons. The highest BCUT2D eigenvalue weighted by atomic mass is 16.2. The Hall–Kier alpha value is -0.610. The second-order valence-corrected chi connectivity index (χ2v) is 4.52. The van der Waals surface area contributed by atoms with Gasteiger partial charge in [0, 0.05) is 19.1 Å². The zero-order valence-electron chi connectivity index (χ0n) is 10.0. The molecule has 1 fully saturated rings. The molecular weight excluding hydrogens is 190 g/mol. The Kier molecular flexibility index (Phi) is 5.05. The summed E-state index contributed by atoms with van der Waals surface area (Å²) in [6, 6.07) is 0.497. The van der Waals surface area contributed by atoms with Gasteiger partial charge in [0.15, 0.2) is 0 Å². The Balaban J connectivity index is 2.32. The highest BCUT2D eigenvalue weighted by Gasteiger charge is 2.22. The standard InChI is InChI=1S/C11H23N3O/c1-4-13-11(15)8-14(3)10-5-9(2)6-12-7-10/h9-10,12H,4-8H2,1-3H3,(H,13,15). The van der Waals surface area contributed by atoms with E-state index in [0.29, 0.717) is 25.0 Å². The molecule has 2 atom stereocenters. The van der Waals surface area contributed by atoms with Crippen molar-refractivity contribution in [2.45, 2.75) is 26.3 Å². The molecule has 0 bridgehead atoms. The van der Waals surface area contributed by atoms with Crippen LogP contribution in [0.5, 0.6) is 0 Å². The van der Waals surface area contributed by atoms with Crippen LogP contribution in [0.4, 0.5) is 0 Å². The SMILES string of the molecule is CCNC(=O)CN(C)C1CNCC(C)C1. The highest BCUT2D eigenvalue weighted by Crippen LogP contribution is 2.13. The number of hydrogen-bond acceptors (Lipinski definition) is 3. The number of rotatable bonds is 4. The van der Waals surface area contributed by atoms with Gasteiger partial charge in [-0.1, -0.05) is 6.92 Å². The summed E-state index contributed by atoms with van der Waals surface area (Å²) in [7, 11) is 2.03. The second-order valence-electron chi connectivity index (χ2n) is 4.52. The minimum atomic E-state index is 0.123. The molecule has 0 aromatic rings. The summed E-state index contributed by atoms with van der Waals surface area (Å²) < 4.78 is 0. The van der Waals surface area contributed by atoms with E-state index in [0.717, 1.165) is 13.1 Å². The maximum atomic E-state index is 11.4. The number of carbonyl (C=O) groups is 1. The first-order chi connectivity index (χ1) is 7.13. The van der Waals surface area contributed by atoms with Crippen molar-refractivity contribution in [1.82, 2.24) is 15.5 Å². The maximum Gasteiger partial charge on any atom is 0.234 e. The number of amides is 1. The van der Waals surface area contributed by atoms with Crippen LogP contribution in [-0.4, -0.2) is 50.1 Å². The van der Waals surface area contributed by atoms with Gasteiger partial charge >= 0.3 is 0 Å². The van der Waals surface area contributed by atoms with Crippen molar-refractivity contribution >= 4 is 5.91 Å². The van der Waals surface area contributed by atoms with Crippen LogP contribution < -0.4 is 10.6 Å². The smallest absolute Gasteiger partial charge is 0.234 e. The van der Waals surface area contributed by atoms with Crippen LogP contribution >= 0.6 is 0 Å². The van der Waals surface area contributed by atoms with Crippen LogP contribution in [0, 0.1) is 5.92 Å². The van der Waals surface area contributed by atoms with Crippen molar-refractivity contribution in [3.63, 3.8) is 0 Å². The van der Waals surface area contributed by atoms with Gasteiger partial charge in [0.2, 0.25) is 5.91 Å². The Bertz CT molecular complexity index is 208. The third-order valence-corrected chi connectivity index (χ3v) is 2.94. The van der Waals surface area contributed by atoms with Crippen LogP contribution in [0.25, 0.3) is 0 Å². The molecule has 2 N–H and O–H groups in total. The first-order valence-electron chi connectivity index (χ1n) is 5.81. The van der Waals surface area contributed by atoms with Crippen molar-refractivity contribution in [2.24, 2.45) is 5.92 Å². The Morgan fingerprint density at radius 3 is 2.87 bits per heavy atom. The predicted molar refractivity (Wildman–Crippen MR) is 61.8 cm³/mol. The normalized spacial score (nSPS) is 26.7. The molecule has 1 amide bonds. The molecule has 1 aliphatic heterocycles. The van der Waals surface area contributed by atoms with Gasteiger partial charge in [0.1, 0.15) is 0 Å². The second kappa shape index (κ2) is 6.08. The first kappa shape index (κ1) is 12.5. The monoisotopic (exact) mass is 213 g/mol. The summed E-state index contributed by atoms with van der Waals surface area (Å²) in [5.74, 6) is 0.832. The molecule has 1 saturated heterocycles. The van der Waals surface area contributed by atoms with Crippen LogP contribution in [0.15, 0.2) is 0 Å². The van der Waals surface area contributed by atoms with Crippen molar-refractivity contribution < 1.29 is 4.79 Å². The molecule has 1 heterocycles. The van der Waals surface area contributed by atoms with E-state index in [9.17, 15) is 4.79 Å². The van der Waals surface area contributed by atoms with Crippen LogP contribution in [0.3, 0.4) is 0 Å². The molecule has 0 spiro atoms. The van der Waals surface area contributed by atoms with Crippen molar-refractivity contribution in [1.29, 1.82) is 0 Å². The fraction of sp³-hybridized carbons (Fsp3) is 0.909. The summed E-state index contributed by atoms with van der Waals surface area (Å²) in [6.45, 7) is 7.52. The summed E-state index contributed by atoms with van der Waals surface area (Å²) in [5.41, 5.74) is 0. The summed E-state index contributed by atoms with van der Waals surface area (Å²) in [4.78, 5) is 13.6. The van der Waals surface area contributed by atoms with Crippen LogP contribution in [0.2, 0.25) is 0 Å². The Morgan fingerprint density at radius 2 is 2.27 bits per heavy atom. The van der Waals surface area contributed by atoms with Gasteiger partial charge in [-0.15, -0.1) is 0 Å². The lowest BCUT2D eigenvalue weighted by atomic mass is 9.97. The lowest BCUT2D eigenvalue weighted by molar-refractivity contribution is -0.122. The number of nitrogens with one attached hydrogen (secondary N) is 2. The minimum Gasteiger partial charge on any atom is -0.355 e. The molecule has 88 valence electrons. The van der Waals surface area contributed by atoms with E-state index in [1.54, 1.807) is 0 Å². The molecule has 2 unspecified atom stereocenters. The van der Waals surface area contributed by atoms with E-state index in [-0.39, 0.29) is 5.91 Å². The fourth-order valence-electron chi connectivity index (χ4n) is 2.07. The quantitative estimate of drug-likeness (QED) is 0.694. The van der Waals surface area contributed by atoms with Crippen molar-refractivity contribution in [3.8, 4) is 0 Å². The van der Waals surface area contributed by atoms with Crippen LogP contribution in [0.1, 0.15) is 20.3 Å². The molecular formula is C11H23N3O. The number of likely N-dealkylation sites (N-methyl/N-ethyl adjacent to an activating group) is 2. The zero-order valence-corrected chi connectivity index (χ0v) is 10.0. The molecule has 15 heavy (non-hydrogen) atoms. The molecule has 0 aliphatic carbocycles. The molecule has 1 aliphatic rings. The van der Waals surface area contributed by atoms with E-state index in [1.165, 1.54) is 6.42 Å². The van der Waals surface area contributed by atoms with Gasteiger partial charge in [-0.05, 0) is 32.9 Å². The molecule has 4 nitrogen and oxygen atoms in total. The lowest BCUT2D eigenvalue weighted by Gasteiger charge is -2.34. The molecule has 0 aromatic carbocycles. The van der Waals surface area contributed by atoms with E-state index in [4.69, 9.17) is 0 Å². The molecule has 0 saturated carbocycles. The summed E-state index contributed by atoms with van der Waals surface area (Å²) >= 11 is 0. The van der Waals surface area contributed by atoms with E-state index >= 15 is 0 Å². The maximum absolute atomic E-state index is 11.4. The summed E-state index contributed by atoms with van der Waals surface area (Å²) in [6.07, 6.45) is 1.18. The van der Waals surface area contributed by atoms with E-state index in [2.05, 4.69) is 22.5 Å². The number of nitrogens with zero attached hydrogens (tertiary/aromatic N) is 1. The summed E-state index contributed by atoms with van der Waals surface area (Å²) in [5, 5.41) is 6.22. The Morgan fingerprint density at radius 1 is 1.53 bits per heavy atom. The fourth-order valence-corrected chi connectivity index (χ4v) is 2.07. The molecule has 4 heteroatoms. The van der Waals surface area contributed by atoms with Gasteiger partial charge in [0.25, 0.3) is 0 Å². The largest absolute Gasteiger partial charge is 0.355 e. The lowest BCUT2D eigenvalue weighted by Crippen LogP contribution is -2.49. The number of hydrogen-bond donors (Lipinski definition) is 2. The molecule has 1 rings (SSSR count). The average molecular weight is 213 g/mol. The van der Waals surface area contributed by atoms with Gasteiger partial charge in [-0.3, -0.25) is 9.69 Å². The predicted octanol–water partition coefficient (Wildman–Crippen LogP) is 0.0523. The van der Waals surface area contributed by atoms with E-state index < -0.39 is 0 Å². The van der Waals surface area contributed by atoms with Crippen molar-refractivity contribution in [2.75, 3.05) is 33.2 Å². The Labute approximate surface area is 92.4 Å². The minimum absolute atomic E-state index is 0.123. The number of carbonyl (C=O) groups excluding carboxylic acids is 1. The first-order valence-corrected chi connectivity index (χ1v) is 5.81. The van der Waals surface area contributed by atoms with Gasteiger partial charge < -0.3 is 10.6 Å². The third kappa shape index (κ3) is 4.18.